The topological polar surface area (TPSA) is 66.5 Å². The van der Waals surface area contributed by atoms with Gasteiger partial charge in [0.25, 0.3) is 11.8 Å². The molecule has 0 aliphatic carbocycles. The fraction of sp³-hybridized carbons (Fsp3) is 0.308. The van der Waals surface area contributed by atoms with Crippen LogP contribution >= 0.6 is 11.6 Å². The van der Waals surface area contributed by atoms with E-state index in [9.17, 15) is 18.8 Å². The van der Waals surface area contributed by atoms with E-state index >= 15 is 0 Å². The monoisotopic (exact) mass is 298 g/mol. The van der Waals surface area contributed by atoms with Crippen molar-refractivity contribution in [2.24, 2.45) is 0 Å². The van der Waals surface area contributed by atoms with Crippen LogP contribution in [0.5, 0.6) is 0 Å². The van der Waals surface area contributed by atoms with Crippen LogP contribution in [0.25, 0.3) is 0 Å². The lowest BCUT2D eigenvalue weighted by Crippen LogP contribution is -2.65. The van der Waals surface area contributed by atoms with Gasteiger partial charge in [-0.15, -0.1) is 0 Å². The third-order valence-corrected chi connectivity index (χ3v) is 3.50. The van der Waals surface area contributed by atoms with Gasteiger partial charge in [-0.05, 0) is 32.0 Å². The Morgan fingerprint density at radius 1 is 1.40 bits per heavy atom. The van der Waals surface area contributed by atoms with Crippen LogP contribution in [0.1, 0.15) is 24.2 Å². The van der Waals surface area contributed by atoms with Crippen molar-refractivity contribution in [3.63, 3.8) is 0 Å². The Morgan fingerprint density at radius 2 is 2.05 bits per heavy atom. The molecule has 2 rings (SSSR count). The van der Waals surface area contributed by atoms with Crippen LogP contribution in [0.3, 0.4) is 0 Å². The van der Waals surface area contributed by atoms with Crippen LogP contribution in [-0.2, 0) is 9.59 Å². The second kappa shape index (κ2) is 4.86. The number of halogens is 2. The maximum absolute atomic E-state index is 13.4. The quantitative estimate of drug-likeness (QED) is 0.796. The number of hydrogen-bond acceptors (Lipinski definition) is 3. The lowest BCUT2D eigenvalue weighted by molar-refractivity contribution is -0.143. The van der Waals surface area contributed by atoms with Crippen LogP contribution in [-0.4, -0.2) is 34.7 Å². The summed E-state index contributed by atoms with van der Waals surface area (Å²) in [5, 5.41) is 2.06. The van der Waals surface area contributed by atoms with Gasteiger partial charge in [0.05, 0.1) is 5.02 Å². The fourth-order valence-corrected chi connectivity index (χ4v) is 2.01. The molecule has 106 valence electrons. The smallest absolute Gasteiger partial charge is 0.255 e. The molecule has 1 heterocycles. The van der Waals surface area contributed by atoms with Crippen molar-refractivity contribution in [3.8, 4) is 0 Å². The van der Waals surface area contributed by atoms with E-state index < -0.39 is 29.1 Å². The molecule has 0 radical (unpaired) electrons. The van der Waals surface area contributed by atoms with E-state index in [0.29, 0.717) is 0 Å². The molecule has 0 saturated carbocycles. The normalized spacial score (nSPS) is 17.9. The second-order valence-corrected chi connectivity index (χ2v) is 5.36. The average molecular weight is 299 g/mol. The van der Waals surface area contributed by atoms with E-state index in [1.165, 1.54) is 26.0 Å². The number of rotatable bonds is 1. The summed E-state index contributed by atoms with van der Waals surface area (Å²) in [7, 11) is 0. The third-order valence-electron chi connectivity index (χ3n) is 3.20. The molecule has 7 heteroatoms. The highest BCUT2D eigenvalue weighted by Crippen LogP contribution is 2.23. The Labute approximate surface area is 119 Å². The van der Waals surface area contributed by atoms with Crippen LogP contribution in [0.2, 0.25) is 5.02 Å². The fourth-order valence-electron chi connectivity index (χ4n) is 1.89. The van der Waals surface area contributed by atoms with Gasteiger partial charge in [0, 0.05) is 5.56 Å². The van der Waals surface area contributed by atoms with Crippen LogP contribution in [0.4, 0.5) is 4.39 Å². The van der Waals surface area contributed by atoms with Crippen LogP contribution < -0.4 is 5.32 Å². The molecule has 0 atom stereocenters. The van der Waals surface area contributed by atoms with Gasteiger partial charge in [0.1, 0.15) is 17.9 Å². The SMILES string of the molecule is CC1(C)C(=O)NC(=O)CN1C(=O)c1ccc(Cl)c(F)c1. The van der Waals surface area contributed by atoms with Crippen molar-refractivity contribution in [2.75, 3.05) is 6.54 Å². The number of amides is 3. The number of nitrogens with one attached hydrogen (secondary N) is 1. The van der Waals surface area contributed by atoms with E-state index in [2.05, 4.69) is 5.32 Å². The molecule has 1 aromatic carbocycles. The lowest BCUT2D eigenvalue weighted by Gasteiger charge is -2.40. The molecule has 0 unspecified atom stereocenters. The zero-order valence-electron chi connectivity index (χ0n) is 10.9. The summed E-state index contributed by atoms with van der Waals surface area (Å²) < 4.78 is 13.4. The zero-order chi connectivity index (χ0) is 15.1. The van der Waals surface area contributed by atoms with E-state index in [4.69, 9.17) is 11.6 Å². The minimum atomic E-state index is -1.19. The van der Waals surface area contributed by atoms with Crippen molar-refractivity contribution in [2.45, 2.75) is 19.4 Å². The van der Waals surface area contributed by atoms with E-state index in [1.807, 2.05) is 0 Å². The second-order valence-electron chi connectivity index (χ2n) is 4.96. The van der Waals surface area contributed by atoms with Gasteiger partial charge < -0.3 is 4.90 Å². The largest absolute Gasteiger partial charge is 0.315 e. The van der Waals surface area contributed by atoms with Gasteiger partial charge in [-0.25, -0.2) is 4.39 Å². The van der Waals surface area contributed by atoms with Crippen LogP contribution in [0, 0.1) is 5.82 Å². The predicted octanol–water partition coefficient (Wildman–Crippen LogP) is 1.36. The summed E-state index contributed by atoms with van der Waals surface area (Å²) in [6.45, 7) is 2.76. The van der Waals surface area contributed by atoms with Crippen molar-refractivity contribution < 1.29 is 18.8 Å². The van der Waals surface area contributed by atoms with Crippen molar-refractivity contribution in [1.29, 1.82) is 0 Å². The molecule has 1 aliphatic rings. The highest BCUT2D eigenvalue weighted by atomic mass is 35.5. The van der Waals surface area contributed by atoms with Gasteiger partial charge in [0.15, 0.2) is 0 Å². The molecule has 5 nitrogen and oxygen atoms in total. The Hall–Kier alpha value is -1.95. The van der Waals surface area contributed by atoms with Crippen molar-refractivity contribution in [3.05, 3.63) is 34.6 Å². The summed E-state index contributed by atoms with van der Waals surface area (Å²) in [4.78, 5) is 36.6. The number of piperazine rings is 1. The molecule has 0 bridgehead atoms. The minimum absolute atomic E-state index is 0.0301. The first-order chi connectivity index (χ1) is 9.23. The number of carbonyl (C=O) groups is 3. The number of hydrogen-bond donors (Lipinski definition) is 1. The molecular formula is C13H12ClFN2O3. The standard InChI is InChI=1S/C13H12ClFN2O3/c1-13(2)12(20)16-10(18)6-17(13)11(19)7-3-4-8(14)9(15)5-7/h3-5H,6H2,1-2H3,(H,16,18,20). The maximum atomic E-state index is 13.4. The Morgan fingerprint density at radius 3 is 2.65 bits per heavy atom. The summed E-state index contributed by atoms with van der Waals surface area (Å²) in [5.74, 6) is -2.48. The van der Waals surface area contributed by atoms with Gasteiger partial charge in [-0.3, -0.25) is 19.7 Å². The number of benzene rings is 1. The molecule has 3 amide bonds. The highest BCUT2D eigenvalue weighted by Gasteiger charge is 2.43. The number of nitrogens with zero attached hydrogens (tertiary/aromatic N) is 1. The molecule has 1 fully saturated rings. The average Bonchev–Trinajstić information content (AvgIpc) is 2.36. The molecular weight excluding hydrogens is 287 g/mol. The van der Waals surface area contributed by atoms with Crippen molar-refractivity contribution in [1.82, 2.24) is 10.2 Å². The first kappa shape index (κ1) is 14.5. The molecule has 1 aliphatic heterocycles. The molecule has 1 N–H and O–H groups in total. The first-order valence-corrected chi connectivity index (χ1v) is 6.22. The van der Waals surface area contributed by atoms with Crippen LogP contribution in [0.15, 0.2) is 18.2 Å². The maximum Gasteiger partial charge on any atom is 0.255 e. The Bertz CT molecular complexity index is 616. The highest BCUT2D eigenvalue weighted by molar-refractivity contribution is 6.30. The zero-order valence-corrected chi connectivity index (χ0v) is 11.6. The number of imide groups is 1. The Kier molecular flexibility index (Phi) is 3.52. The number of carbonyl (C=O) groups excluding carboxylic acids is 3. The van der Waals surface area contributed by atoms with Gasteiger partial charge in [-0.1, -0.05) is 11.6 Å². The molecule has 1 aromatic rings. The van der Waals surface area contributed by atoms with E-state index in [0.717, 1.165) is 11.0 Å². The summed E-state index contributed by atoms with van der Waals surface area (Å²) in [5.41, 5.74) is -1.16. The Balaban J connectivity index is 2.38. The molecule has 20 heavy (non-hydrogen) atoms. The van der Waals surface area contributed by atoms with Gasteiger partial charge >= 0.3 is 0 Å². The van der Waals surface area contributed by atoms with Crippen molar-refractivity contribution >= 4 is 29.3 Å². The molecule has 0 aromatic heterocycles. The summed E-state index contributed by atoms with van der Waals surface area (Å²) >= 11 is 5.56. The van der Waals surface area contributed by atoms with E-state index in [1.54, 1.807) is 0 Å². The van der Waals surface area contributed by atoms with Gasteiger partial charge in [-0.2, -0.15) is 0 Å². The predicted molar refractivity (Wildman–Crippen MR) is 69.7 cm³/mol. The van der Waals surface area contributed by atoms with E-state index in [-0.39, 0.29) is 17.1 Å². The minimum Gasteiger partial charge on any atom is -0.315 e. The summed E-state index contributed by atoms with van der Waals surface area (Å²) in [6, 6.07) is 3.58. The third kappa shape index (κ3) is 2.38. The lowest BCUT2D eigenvalue weighted by atomic mass is 9.97. The molecule has 0 spiro atoms. The molecule has 1 saturated heterocycles. The summed E-state index contributed by atoms with van der Waals surface area (Å²) in [6.07, 6.45) is 0. The first-order valence-electron chi connectivity index (χ1n) is 5.85. The van der Waals surface area contributed by atoms with Gasteiger partial charge in [0.2, 0.25) is 5.91 Å².